The molecule has 0 atom stereocenters. The molecule has 0 amide bonds. The quantitative estimate of drug-likeness (QED) is 0.739. The Hall–Kier alpha value is -1.59. The van der Waals surface area contributed by atoms with Crippen LogP contribution in [0.2, 0.25) is 5.28 Å². The van der Waals surface area contributed by atoms with Crippen molar-refractivity contribution in [2.75, 3.05) is 13.1 Å². The van der Waals surface area contributed by atoms with Crippen LogP contribution in [0.15, 0.2) is 23.0 Å². The predicted molar refractivity (Wildman–Crippen MR) is 64.6 cm³/mol. The van der Waals surface area contributed by atoms with Crippen molar-refractivity contribution in [1.29, 1.82) is 0 Å². The normalized spacial score (nSPS) is 16.1. The summed E-state index contributed by atoms with van der Waals surface area (Å²) in [7, 11) is 0. The fraction of sp³-hybridized carbons (Fsp3) is 0.273. The third kappa shape index (κ3) is 1.50. The van der Waals surface area contributed by atoms with Crippen molar-refractivity contribution in [1.82, 2.24) is 14.9 Å². The Morgan fingerprint density at radius 1 is 1.47 bits per heavy atom. The van der Waals surface area contributed by atoms with Gasteiger partial charge in [0, 0.05) is 13.1 Å². The summed E-state index contributed by atoms with van der Waals surface area (Å²) in [5.74, 6) is -0.0274. The molecule has 1 aliphatic rings. The van der Waals surface area contributed by atoms with Crippen LogP contribution in [0.5, 0.6) is 5.75 Å². The number of phenolic OH excluding ortho intramolecular Hbond substituents is 1. The van der Waals surface area contributed by atoms with Gasteiger partial charge in [-0.25, -0.2) is 4.98 Å². The van der Waals surface area contributed by atoms with Crippen molar-refractivity contribution in [2.45, 2.75) is 6.04 Å². The van der Waals surface area contributed by atoms with E-state index in [1.54, 1.807) is 12.1 Å². The summed E-state index contributed by atoms with van der Waals surface area (Å²) >= 11 is 6.00. The number of aromatic nitrogens is 2. The zero-order valence-electron chi connectivity index (χ0n) is 8.85. The van der Waals surface area contributed by atoms with Gasteiger partial charge in [0.05, 0.1) is 11.4 Å². The number of hydrogen-bond acceptors (Lipinski definition) is 4. The second kappa shape index (κ2) is 3.72. The summed E-state index contributed by atoms with van der Waals surface area (Å²) < 4.78 is 1.47. The van der Waals surface area contributed by atoms with Crippen molar-refractivity contribution in [3.63, 3.8) is 0 Å². The number of benzene rings is 1. The number of halogens is 1. The molecule has 2 heterocycles. The van der Waals surface area contributed by atoms with E-state index in [-0.39, 0.29) is 28.2 Å². The van der Waals surface area contributed by atoms with Gasteiger partial charge in [-0.05, 0) is 23.7 Å². The molecular formula is C11H10ClN3O2. The molecule has 1 saturated heterocycles. The van der Waals surface area contributed by atoms with E-state index in [1.807, 2.05) is 0 Å². The van der Waals surface area contributed by atoms with Crippen molar-refractivity contribution in [3.8, 4) is 5.75 Å². The Labute approximate surface area is 102 Å². The fourth-order valence-electron chi connectivity index (χ4n) is 1.95. The van der Waals surface area contributed by atoms with Gasteiger partial charge in [0.1, 0.15) is 11.3 Å². The molecule has 1 aromatic heterocycles. The molecule has 2 N–H and O–H groups in total. The first-order valence-electron chi connectivity index (χ1n) is 5.29. The molecule has 0 aliphatic carbocycles. The van der Waals surface area contributed by atoms with Crippen LogP contribution in [-0.2, 0) is 0 Å². The van der Waals surface area contributed by atoms with Crippen LogP contribution in [-0.4, -0.2) is 27.7 Å². The zero-order chi connectivity index (χ0) is 12.0. The number of fused-ring (bicyclic) bond motifs is 1. The lowest BCUT2D eigenvalue weighted by Crippen LogP contribution is -2.47. The van der Waals surface area contributed by atoms with Gasteiger partial charge >= 0.3 is 0 Å². The summed E-state index contributed by atoms with van der Waals surface area (Å²) in [4.78, 5) is 16.3. The average molecular weight is 252 g/mol. The molecule has 3 rings (SSSR count). The maximum Gasteiger partial charge on any atom is 0.262 e. The van der Waals surface area contributed by atoms with E-state index in [0.29, 0.717) is 18.5 Å². The highest BCUT2D eigenvalue weighted by Crippen LogP contribution is 2.23. The maximum atomic E-state index is 12.2. The number of phenols is 1. The van der Waals surface area contributed by atoms with Crippen LogP contribution in [0, 0.1) is 0 Å². The van der Waals surface area contributed by atoms with Crippen LogP contribution in [0.1, 0.15) is 6.04 Å². The van der Waals surface area contributed by atoms with E-state index < -0.39 is 0 Å². The number of para-hydroxylation sites is 1. The van der Waals surface area contributed by atoms with E-state index in [1.165, 1.54) is 10.6 Å². The van der Waals surface area contributed by atoms with Crippen LogP contribution < -0.4 is 10.9 Å². The first-order chi connectivity index (χ1) is 8.18. The lowest BCUT2D eigenvalue weighted by Gasteiger charge is -2.29. The highest BCUT2D eigenvalue weighted by atomic mass is 35.5. The summed E-state index contributed by atoms with van der Waals surface area (Å²) in [5.41, 5.74) is 0.0495. The van der Waals surface area contributed by atoms with Gasteiger partial charge in [0.25, 0.3) is 5.56 Å². The molecule has 2 aromatic rings. The number of nitrogens with zero attached hydrogens (tertiary/aromatic N) is 2. The van der Waals surface area contributed by atoms with Gasteiger partial charge in [-0.15, -0.1) is 0 Å². The third-order valence-electron chi connectivity index (χ3n) is 2.99. The molecule has 0 bridgehead atoms. The largest absolute Gasteiger partial charge is 0.506 e. The second-order valence-electron chi connectivity index (χ2n) is 4.04. The van der Waals surface area contributed by atoms with E-state index in [0.717, 1.165) is 0 Å². The Kier molecular flexibility index (Phi) is 2.31. The van der Waals surface area contributed by atoms with Gasteiger partial charge in [-0.3, -0.25) is 9.36 Å². The maximum absolute atomic E-state index is 12.2. The first-order valence-corrected chi connectivity index (χ1v) is 5.66. The first kappa shape index (κ1) is 10.6. The summed E-state index contributed by atoms with van der Waals surface area (Å²) in [6.45, 7) is 1.43. The third-order valence-corrected chi connectivity index (χ3v) is 3.26. The summed E-state index contributed by atoms with van der Waals surface area (Å²) in [6, 6.07) is 4.80. The van der Waals surface area contributed by atoms with Crippen molar-refractivity contribution in [2.24, 2.45) is 0 Å². The number of nitrogens with one attached hydrogen (secondary N) is 1. The molecule has 0 saturated carbocycles. The molecule has 1 aromatic carbocycles. The van der Waals surface area contributed by atoms with Crippen molar-refractivity contribution in [3.05, 3.63) is 33.8 Å². The zero-order valence-corrected chi connectivity index (χ0v) is 9.61. The lowest BCUT2D eigenvalue weighted by atomic mass is 10.1. The van der Waals surface area contributed by atoms with E-state index in [4.69, 9.17) is 11.6 Å². The van der Waals surface area contributed by atoms with E-state index in [9.17, 15) is 9.90 Å². The molecule has 5 nitrogen and oxygen atoms in total. The Balaban J connectivity index is 2.35. The van der Waals surface area contributed by atoms with Crippen LogP contribution in [0.4, 0.5) is 0 Å². The number of hydrogen-bond donors (Lipinski definition) is 2. The van der Waals surface area contributed by atoms with E-state index in [2.05, 4.69) is 10.3 Å². The molecule has 0 unspecified atom stereocenters. The van der Waals surface area contributed by atoms with Crippen LogP contribution in [0.25, 0.3) is 10.9 Å². The molecule has 0 spiro atoms. The molecule has 88 valence electrons. The average Bonchev–Trinajstić information content (AvgIpc) is 2.23. The van der Waals surface area contributed by atoms with Gasteiger partial charge in [0.2, 0.25) is 5.28 Å². The highest BCUT2D eigenvalue weighted by Gasteiger charge is 2.24. The van der Waals surface area contributed by atoms with Gasteiger partial charge in [0.15, 0.2) is 0 Å². The van der Waals surface area contributed by atoms with Crippen LogP contribution in [0.3, 0.4) is 0 Å². The molecular weight excluding hydrogens is 242 g/mol. The van der Waals surface area contributed by atoms with E-state index >= 15 is 0 Å². The summed E-state index contributed by atoms with van der Waals surface area (Å²) in [6.07, 6.45) is 0. The Morgan fingerprint density at radius 3 is 2.88 bits per heavy atom. The monoisotopic (exact) mass is 251 g/mol. The highest BCUT2D eigenvalue weighted by molar-refractivity contribution is 6.28. The number of aromatic hydroxyl groups is 1. The van der Waals surface area contributed by atoms with Crippen molar-refractivity contribution >= 4 is 22.5 Å². The van der Waals surface area contributed by atoms with Gasteiger partial charge in [-0.1, -0.05) is 6.07 Å². The van der Waals surface area contributed by atoms with Gasteiger partial charge in [-0.2, -0.15) is 0 Å². The smallest absolute Gasteiger partial charge is 0.262 e. The Morgan fingerprint density at radius 2 is 2.24 bits per heavy atom. The molecule has 1 aliphatic heterocycles. The number of rotatable bonds is 1. The predicted octanol–water partition coefficient (Wildman–Crippen LogP) is 0.900. The minimum Gasteiger partial charge on any atom is -0.506 e. The second-order valence-corrected chi connectivity index (χ2v) is 4.38. The Bertz CT molecular complexity index is 649. The van der Waals surface area contributed by atoms with Crippen LogP contribution >= 0.6 is 11.6 Å². The SMILES string of the molecule is O=c1c2cccc(O)c2nc(Cl)n1C1CNC1. The molecule has 17 heavy (non-hydrogen) atoms. The molecule has 6 heteroatoms. The van der Waals surface area contributed by atoms with Crippen molar-refractivity contribution < 1.29 is 5.11 Å². The van der Waals surface area contributed by atoms with Gasteiger partial charge < -0.3 is 10.4 Å². The summed E-state index contributed by atoms with van der Waals surface area (Å²) in [5, 5.41) is 13.2. The molecule has 1 fully saturated rings. The standard InChI is InChI=1S/C11H10ClN3O2/c12-11-14-9-7(2-1-3-8(9)16)10(17)15(11)6-4-13-5-6/h1-3,6,13,16H,4-5H2. The minimum atomic E-state index is -0.206. The topological polar surface area (TPSA) is 67.1 Å². The molecule has 0 radical (unpaired) electrons. The minimum absolute atomic E-state index is 0.0274. The lowest BCUT2D eigenvalue weighted by molar-refractivity contribution is 0.335. The fourth-order valence-corrected chi connectivity index (χ4v) is 2.25.